The molecule has 0 bridgehead atoms. The van der Waals surface area contributed by atoms with Gasteiger partial charge in [-0.3, -0.25) is 10.1 Å². The van der Waals surface area contributed by atoms with Gasteiger partial charge in [0.1, 0.15) is 5.82 Å². The van der Waals surface area contributed by atoms with Gasteiger partial charge in [0, 0.05) is 32.2 Å². The summed E-state index contributed by atoms with van der Waals surface area (Å²) in [7, 11) is 2.02. The number of rotatable bonds is 3. The lowest BCUT2D eigenvalue weighted by Crippen LogP contribution is -2.45. The summed E-state index contributed by atoms with van der Waals surface area (Å²) in [5.41, 5.74) is 2.42. The number of anilines is 2. The third kappa shape index (κ3) is 2.49. The summed E-state index contributed by atoms with van der Waals surface area (Å²) in [6.45, 7) is 3.16. The Balaban J connectivity index is 2.31. The number of nitrogens with zero attached hydrogens (tertiary/aromatic N) is 4. The normalized spacial score (nSPS) is 16.7. The molecule has 0 spiro atoms. The Morgan fingerprint density at radius 1 is 1.39 bits per heavy atom. The molecule has 0 unspecified atom stereocenters. The second-order valence-electron chi connectivity index (χ2n) is 4.23. The molecule has 0 radical (unpaired) electrons. The van der Waals surface area contributed by atoms with Crippen molar-refractivity contribution in [3.05, 3.63) is 22.2 Å². The zero-order chi connectivity index (χ0) is 13.1. The fourth-order valence-electron chi connectivity index (χ4n) is 1.91. The second kappa shape index (κ2) is 5.15. The summed E-state index contributed by atoms with van der Waals surface area (Å²) in [6.07, 6.45) is 0. The molecule has 8 nitrogen and oxygen atoms in total. The van der Waals surface area contributed by atoms with E-state index in [4.69, 9.17) is 5.84 Å². The van der Waals surface area contributed by atoms with Crippen LogP contribution in [-0.4, -0.2) is 48.0 Å². The van der Waals surface area contributed by atoms with Crippen molar-refractivity contribution < 1.29 is 4.92 Å². The standard InChI is InChI=1S/C10H16N6O2/c1-14-4-6-15(7-5-14)10-8(16(17)18)2-3-9(12-10)13-11/h2-3H,4-7,11H2,1H3,(H,12,13). The number of hydrogen-bond acceptors (Lipinski definition) is 7. The Morgan fingerprint density at radius 2 is 2.06 bits per heavy atom. The predicted molar refractivity (Wildman–Crippen MR) is 68.4 cm³/mol. The lowest BCUT2D eigenvalue weighted by atomic mass is 10.3. The van der Waals surface area contributed by atoms with Crippen molar-refractivity contribution >= 4 is 17.3 Å². The molecule has 2 rings (SSSR count). The molecule has 1 saturated heterocycles. The molecule has 0 aliphatic carbocycles. The number of piperazine rings is 1. The van der Waals surface area contributed by atoms with Crippen LogP contribution >= 0.6 is 0 Å². The average molecular weight is 252 g/mol. The fourth-order valence-corrected chi connectivity index (χ4v) is 1.91. The first kappa shape index (κ1) is 12.5. The van der Waals surface area contributed by atoms with Crippen LogP contribution in [0.2, 0.25) is 0 Å². The third-order valence-electron chi connectivity index (χ3n) is 3.00. The Kier molecular flexibility index (Phi) is 3.58. The van der Waals surface area contributed by atoms with Gasteiger partial charge in [0.25, 0.3) is 0 Å². The van der Waals surface area contributed by atoms with E-state index in [1.54, 1.807) is 0 Å². The summed E-state index contributed by atoms with van der Waals surface area (Å²) in [5.74, 6) is 6.09. The molecule has 1 aromatic heterocycles. The van der Waals surface area contributed by atoms with Crippen LogP contribution in [0.15, 0.2) is 12.1 Å². The number of nitro groups is 1. The van der Waals surface area contributed by atoms with E-state index in [9.17, 15) is 10.1 Å². The molecule has 1 aromatic rings. The summed E-state index contributed by atoms with van der Waals surface area (Å²) in [5, 5.41) is 11.0. The van der Waals surface area contributed by atoms with Crippen LogP contribution in [0, 0.1) is 10.1 Å². The molecular weight excluding hydrogens is 236 g/mol. The number of pyridine rings is 1. The maximum Gasteiger partial charge on any atom is 0.311 e. The van der Waals surface area contributed by atoms with Crippen molar-refractivity contribution in [2.24, 2.45) is 5.84 Å². The Morgan fingerprint density at radius 3 is 2.61 bits per heavy atom. The lowest BCUT2D eigenvalue weighted by Gasteiger charge is -2.32. The Hall–Kier alpha value is -1.93. The maximum absolute atomic E-state index is 11.0. The molecule has 18 heavy (non-hydrogen) atoms. The highest BCUT2D eigenvalue weighted by Gasteiger charge is 2.24. The molecule has 2 heterocycles. The van der Waals surface area contributed by atoms with E-state index in [-0.39, 0.29) is 5.69 Å². The first-order valence-corrected chi connectivity index (χ1v) is 5.67. The molecule has 0 amide bonds. The number of nitrogens with one attached hydrogen (secondary N) is 1. The van der Waals surface area contributed by atoms with Crippen molar-refractivity contribution in [2.75, 3.05) is 43.6 Å². The number of aromatic nitrogens is 1. The smallest absolute Gasteiger partial charge is 0.311 e. The van der Waals surface area contributed by atoms with E-state index in [0.29, 0.717) is 11.6 Å². The first-order chi connectivity index (χ1) is 8.61. The molecule has 8 heteroatoms. The third-order valence-corrected chi connectivity index (χ3v) is 3.00. The number of hydrogen-bond donors (Lipinski definition) is 2. The zero-order valence-corrected chi connectivity index (χ0v) is 10.2. The van der Waals surface area contributed by atoms with Crippen molar-refractivity contribution in [3.63, 3.8) is 0 Å². The van der Waals surface area contributed by atoms with E-state index in [1.807, 2.05) is 11.9 Å². The van der Waals surface area contributed by atoms with Crippen molar-refractivity contribution in [1.82, 2.24) is 9.88 Å². The van der Waals surface area contributed by atoms with E-state index < -0.39 is 4.92 Å². The molecule has 1 aliphatic heterocycles. The van der Waals surface area contributed by atoms with Crippen LogP contribution in [0.4, 0.5) is 17.3 Å². The highest BCUT2D eigenvalue weighted by atomic mass is 16.6. The van der Waals surface area contributed by atoms with Crippen LogP contribution in [0.1, 0.15) is 0 Å². The van der Waals surface area contributed by atoms with E-state index in [0.717, 1.165) is 26.2 Å². The summed E-state index contributed by atoms with van der Waals surface area (Å²) >= 11 is 0. The van der Waals surface area contributed by atoms with Gasteiger partial charge in [-0.25, -0.2) is 10.8 Å². The van der Waals surface area contributed by atoms with E-state index in [1.165, 1.54) is 12.1 Å². The van der Waals surface area contributed by atoms with Gasteiger partial charge in [-0.2, -0.15) is 0 Å². The molecule has 98 valence electrons. The summed E-state index contributed by atoms with van der Waals surface area (Å²) < 4.78 is 0. The summed E-state index contributed by atoms with van der Waals surface area (Å²) in [6, 6.07) is 2.92. The van der Waals surface area contributed by atoms with Gasteiger partial charge in [-0.15, -0.1) is 0 Å². The van der Waals surface area contributed by atoms with Crippen molar-refractivity contribution in [3.8, 4) is 0 Å². The van der Waals surface area contributed by atoms with Gasteiger partial charge in [0.05, 0.1) is 4.92 Å². The number of hydrazine groups is 1. The molecule has 3 N–H and O–H groups in total. The van der Waals surface area contributed by atoms with Gasteiger partial charge in [-0.1, -0.05) is 0 Å². The fraction of sp³-hybridized carbons (Fsp3) is 0.500. The maximum atomic E-state index is 11.0. The Bertz CT molecular complexity index is 444. The zero-order valence-electron chi connectivity index (χ0n) is 10.2. The summed E-state index contributed by atoms with van der Waals surface area (Å²) in [4.78, 5) is 18.9. The average Bonchev–Trinajstić information content (AvgIpc) is 2.38. The first-order valence-electron chi connectivity index (χ1n) is 5.67. The van der Waals surface area contributed by atoms with Crippen LogP contribution in [-0.2, 0) is 0 Å². The minimum Gasteiger partial charge on any atom is -0.348 e. The minimum atomic E-state index is -0.416. The van der Waals surface area contributed by atoms with Gasteiger partial charge in [0.15, 0.2) is 0 Å². The molecule has 1 fully saturated rings. The number of likely N-dealkylation sites (N-methyl/N-ethyl adjacent to an activating group) is 1. The van der Waals surface area contributed by atoms with E-state index >= 15 is 0 Å². The molecule has 1 aliphatic rings. The highest BCUT2D eigenvalue weighted by Crippen LogP contribution is 2.28. The van der Waals surface area contributed by atoms with E-state index in [2.05, 4.69) is 15.3 Å². The number of nitrogen functional groups attached to an aromatic ring is 1. The van der Waals surface area contributed by atoms with Crippen LogP contribution < -0.4 is 16.2 Å². The molecular formula is C10H16N6O2. The molecule has 0 aromatic carbocycles. The minimum absolute atomic E-state index is 0.0125. The topological polar surface area (TPSA) is 101 Å². The van der Waals surface area contributed by atoms with Crippen LogP contribution in [0.5, 0.6) is 0 Å². The van der Waals surface area contributed by atoms with Gasteiger partial charge in [-0.05, 0) is 13.1 Å². The van der Waals surface area contributed by atoms with Gasteiger partial charge in [0.2, 0.25) is 5.82 Å². The largest absolute Gasteiger partial charge is 0.348 e. The van der Waals surface area contributed by atoms with Crippen molar-refractivity contribution in [2.45, 2.75) is 0 Å². The van der Waals surface area contributed by atoms with Crippen molar-refractivity contribution in [1.29, 1.82) is 0 Å². The lowest BCUT2D eigenvalue weighted by molar-refractivity contribution is -0.384. The monoisotopic (exact) mass is 252 g/mol. The predicted octanol–water partition coefficient (Wildman–Crippen LogP) is 0.0272. The highest BCUT2D eigenvalue weighted by molar-refractivity contribution is 5.61. The molecule has 0 saturated carbocycles. The molecule has 0 atom stereocenters. The van der Waals surface area contributed by atoms with Gasteiger partial charge < -0.3 is 15.2 Å². The van der Waals surface area contributed by atoms with Crippen LogP contribution in [0.25, 0.3) is 0 Å². The van der Waals surface area contributed by atoms with Gasteiger partial charge >= 0.3 is 5.69 Å². The second-order valence-corrected chi connectivity index (χ2v) is 4.23. The SMILES string of the molecule is CN1CCN(c2nc(NN)ccc2[N+](=O)[O-])CC1. The Labute approximate surface area is 105 Å². The van der Waals surface area contributed by atoms with Crippen LogP contribution in [0.3, 0.4) is 0 Å². The number of nitrogens with two attached hydrogens (primary N) is 1. The quantitative estimate of drug-likeness (QED) is 0.444.